The van der Waals surface area contributed by atoms with Crippen molar-refractivity contribution in [1.82, 2.24) is 14.5 Å². The first kappa shape index (κ1) is 21.9. The van der Waals surface area contributed by atoms with Crippen molar-refractivity contribution in [3.05, 3.63) is 55.9 Å². The summed E-state index contributed by atoms with van der Waals surface area (Å²) in [7, 11) is 0. The summed E-state index contributed by atoms with van der Waals surface area (Å²) in [5.74, 6) is 0.150. The number of thioether (sulfide) groups is 1. The van der Waals surface area contributed by atoms with Gasteiger partial charge >= 0.3 is 0 Å². The van der Waals surface area contributed by atoms with Crippen molar-refractivity contribution >= 4 is 69.2 Å². The normalized spacial score (nSPS) is 11.2. The highest BCUT2D eigenvalue weighted by Gasteiger charge is 2.15. The van der Waals surface area contributed by atoms with Crippen LogP contribution >= 0.6 is 46.6 Å². The third kappa shape index (κ3) is 5.42. The number of benzene rings is 1. The van der Waals surface area contributed by atoms with E-state index in [-0.39, 0.29) is 34.0 Å². The van der Waals surface area contributed by atoms with Gasteiger partial charge in [-0.25, -0.2) is 9.97 Å². The SMILES string of the molecule is CC(C)Cn1c(SCC(=O)Nc2ncc(Cl)cc2Cl)nc2ccc(Cl)cc2c1=O. The van der Waals surface area contributed by atoms with Gasteiger partial charge in [-0.2, -0.15) is 0 Å². The Bertz CT molecular complexity index is 1130. The smallest absolute Gasteiger partial charge is 0.262 e. The molecular weight excluding hydrogens is 455 g/mol. The molecule has 3 rings (SSSR count). The fourth-order valence-corrected chi connectivity index (χ4v) is 4.02. The van der Waals surface area contributed by atoms with E-state index in [9.17, 15) is 9.59 Å². The van der Waals surface area contributed by atoms with Gasteiger partial charge in [-0.1, -0.05) is 60.4 Å². The molecule has 0 aliphatic carbocycles. The number of rotatable bonds is 6. The van der Waals surface area contributed by atoms with Gasteiger partial charge in [0.1, 0.15) is 0 Å². The highest BCUT2D eigenvalue weighted by atomic mass is 35.5. The van der Waals surface area contributed by atoms with Crippen molar-refractivity contribution in [3.63, 3.8) is 0 Å². The Morgan fingerprint density at radius 3 is 2.66 bits per heavy atom. The predicted molar refractivity (Wildman–Crippen MR) is 119 cm³/mol. The Kier molecular flexibility index (Phi) is 7.05. The molecule has 0 radical (unpaired) electrons. The molecule has 152 valence electrons. The Morgan fingerprint density at radius 2 is 1.97 bits per heavy atom. The predicted octanol–water partition coefficient (Wildman–Crippen LogP) is 5.14. The van der Waals surface area contributed by atoms with Crippen molar-refractivity contribution in [2.24, 2.45) is 5.92 Å². The molecule has 29 heavy (non-hydrogen) atoms. The minimum atomic E-state index is -0.326. The van der Waals surface area contributed by atoms with Crippen molar-refractivity contribution < 1.29 is 4.79 Å². The van der Waals surface area contributed by atoms with Crippen LogP contribution in [0.1, 0.15) is 13.8 Å². The maximum atomic E-state index is 13.0. The molecule has 0 fully saturated rings. The number of hydrogen-bond donors (Lipinski definition) is 1. The molecule has 2 heterocycles. The molecule has 0 atom stereocenters. The second-order valence-corrected chi connectivity index (χ2v) is 8.91. The summed E-state index contributed by atoms with van der Waals surface area (Å²) >= 11 is 19.0. The van der Waals surface area contributed by atoms with Gasteiger partial charge in [-0.15, -0.1) is 0 Å². The van der Waals surface area contributed by atoms with Crippen molar-refractivity contribution in [2.45, 2.75) is 25.5 Å². The first-order chi connectivity index (χ1) is 13.7. The molecule has 0 aliphatic rings. The van der Waals surface area contributed by atoms with E-state index in [1.165, 1.54) is 24.0 Å². The van der Waals surface area contributed by atoms with Crippen LogP contribution in [0.3, 0.4) is 0 Å². The molecule has 0 spiro atoms. The number of aromatic nitrogens is 3. The molecule has 1 N–H and O–H groups in total. The van der Waals surface area contributed by atoms with Crippen molar-refractivity contribution in [1.29, 1.82) is 0 Å². The third-order valence-corrected chi connectivity index (χ3v) is 5.53. The van der Waals surface area contributed by atoms with Crippen molar-refractivity contribution in [2.75, 3.05) is 11.1 Å². The zero-order valence-corrected chi connectivity index (χ0v) is 18.7. The average molecular weight is 472 g/mol. The first-order valence-corrected chi connectivity index (χ1v) is 10.8. The van der Waals surface area contributed by atoms with Crippen LogP contribution < -0.4 is 10.9 Å². The number of nitrogens with zero attached hydrogens (tertiary/aromatic N) is 3. The zero-order valence-electron chi connectivity index (χ0n) is 15.6. The second kappa shape index (κ2) is 9.34. The van der Waals surface area contributed by atoms with Gasteiger partial charge in [0.15, 0.2) is 11.0 Å². The first-order valence-electron chi connectivity index (χ1n) is 8.68. The molecule has 0 unspecified atom stereocenters. The summed E-state index contributed by atoms with van der Waals surface area (Å²) in [6.45, 7) is 4.48. The molecule has 6 nitrogen and oxygen atoms in total. The Balaban J connectivity index is 1.85. The quantitative estimate of drug-likeness (QED) is 0.398. The topological polar surface area (TPSA) is 76.9 Å². The van der Waals surface area contributed by atoms with Gasteiger partial charge in [0.2, 0.25) is 5.91 Å². The molecule has 0 saturated heterocycles. The number of anilines is 1. The zero-order chi connectivity index (χ0) is 21.1. The minimum absolute atomic E-state index is 0.0320. The number of carbonyl (C=O) groups excluding carboxylic acids is 1. The van der Waals surface area contributed by atoms with Gasteiger partial charge in [0.05, 0.1) is 26.7 Å². The van der Waals surface area contributed by atoms with Crippen LogP contribution in [0.5, 0.6) is 0 Å². The summed E-state index contributed by atoms with van der Waals surface area (Å²) in [6, 6.07) is 6.48. The molecule has 3 aromatic rings. The summed E-state index contributed by atoms with van der Waals surface area (Å²) in [6.07, 6.45) is 1.40. The maximum absolute atomic E-state index is 13.0. The van der Waals surface area contributed by atoms with E-state index >= 15 is 0 Å². The molecule has 10 heteroatoms. The molecular formula is C19H17Cl3N4O2S. The van der Waals surface area contributed by atoms with E-state index < -0.39 is 0 Å². The fraction of sp³-hybridized carbons (Fsp3) is 0.263. The minimum Gasteiger partial charge on any atom is -0.309 e. The van der Waals surface area contributed by atoms with Crippen LogP contribution in [0, 0.1) is 5.92 Å². The third-order valence-electron chi connectivity index (χ3n) is 3.83. The van der Waals surface area contributed by atoms with Gasteiger partial charge in [0, 0.05) is 17.8 Å². The molecule has 2 aromatic heterocycles. The Labute approximate surface area is 186 Å². The van der Waals surface area contributed by atoms with Crippen LogP contribution in [0.4, 0.5) is 5.82 Å². The molecule has 0 bridgehead atoms. The Hall–Kier alpha value is -1.80. The lowest BCUT2D eigenvalue weighted by Gasteiger charge is -2.15. The van der Waals surface area contributed by atoms with Crippen LogP contribution in [-0.4, -0.2) is 26.2 Å². The fourth-order valence-electron chi connectivity index (χ4n) is 2.61. The van der Waals surface area contributed by atoms with Crippen molar-refractivity contribution in [3.8, 4) is 0 Å². The number of hydrogen-bond acceptors (Lipinski definition) is 5. The monoisotopic (exact) mass is 470 g/mol. The maximum Gasteiger partial charge on any atom is 0.262 e. The molecule has 0 saturated carbocycles. The molecule has 1 aromatic carbocycles. The van der Waals surface area contributed by atoms with Gasteiger partial charge in [-0.05, 0) is 30.2 Å². The Morgan fingerprint density at radius 1 is 1.21 bits per heavy atom. The van der Waals surface area contributed by atoms with Gasteiger partial charge in [-0.3, -0.25) is 14.2 Å². The lowest BCUT2D eigenvalue weighted by atomic mass is 10.2. The number of nitrogens with one attached hydrogen (secondary N) is 1. The van der Waals surface area contributed by atoms with E-state index in [0.29, 0.717) is 32.6 Å². The van der Waals surface area contributed by atoms with Gasteiger partial charge in [0.25, 0.3) is 5.56 Å². The average Bonchev–Trinajstić information content (AvgIpc) is 2.65. The lowest BCUT2D eigenvalue weighted by molar-refractivity contribution is -0.113. The van der Waals surface area contributed by atoms with Crippen LogP contribution in [0.15, 0.2) is 40.4 Å². The summed E-state index contributed by atoms with van der Waals surface area (Å²) < 4.78 is 1.58. The lowest BCUT2D eigenvalue weighted by Crippen LogP contribution is -2.26. The van der Waals surface area contributed by atoms with E-state index in [1.807, 2.05) is 13.8 Å². The number of carbonyl (C=O) groups is 1. The highest BCUT2D eigenvalue weighted by molar-refractivity contribution is 7.99. The summed E-state index contributed by atoms with van der Waals surface area (Å²) in [5.41, 5.74) is 0.348. The van der Waals surface area contributed by atoms with E-state index in [0.717, 1.165) is 0 Å². The van der Waals surface area contributed by atoms with E-state index in [4.69, 9.17) is 34.8 Å². The van der Waals surface area contributed by atoms with E-state index in [1.54, 1.807) is 22.8 Å². The molecule has 1 amide bonds. The van der Waals surface area contributed by atoms with Gasteiger partial charge < -0.3 is 5.32 Å². The number of pyridine rings is 1. The number of amides is 1. The summed E-state index contributed by atoms with van der Waals surface area (Å²) in [4.78, 5) is 33.9. The summed E-state index contributed by atoms with van der Waals surface area (Å²) in [5, 5.41) is 4.63. The number of halogens is 3. The standard InChI is InChI=1S/C19H17Cl3N4O2S/c1-10(2)8-26-18(28)13-5-11(20)3-4-15(13)24-19(26)29-9-16(27)25-17-14(22)6-12(21)7-23-17/h3-7,10H,8-9H2,1-2H3,(H,23,25,27). The largest absolute Gasteiger partial charge is 0.309 e. The van der Waals surface area contributed by atoms with Crippen LogP contribution in [0.2, 0.25) is 15.1 Å². The van der Waals surface area contributed by atoms with E-state index in [2.05, 4.69) is 15.3 Å². The molecule has 0 aliphatic heterocycles. The second-order valence-electron chi connectivity index (χ2n) is 6.69. The van der Waals surface area contributed by atoms with Crippen LogP contribution in [0.25, 0.3) is 10.9 Å². The highest BCUT2D eigenvalue weighted by Crippen LogP contribution is 2.24. The van der Waals surface area contributed by atoms with Crippen LogP contribution in [-0.2, 0) is 11.3 Å². The number of fused-ring (bicyclic) bond motifs is 1.